The van der Waals surface area contributed by atoms with Crippen molar-refractivity contribution in [2.24, 2.45) is 0 Å². The summed E-state index contributed by atoms with van der Waals surface area (Å²) in [5.41, 5.74) is 1.34. The van der Waals surface area contributed by atoms with Gasteiger partial charge in [0.15, 0.2) is 5.75 Å². The number of benzene rings is 1. The summed E-state index contributed by atoms with van der Waals surface area (Å²) in [5.74, 6) is 0.236. The van der Waals surface area contributed by atoms with E-state index in [-0.39, 0.29) is 23.1 Å². The minimum absolute atomic E-state index is 0.0252. The molecule has 0 radical (unpaired) electrons. The molecule has 3 rings (SSSR count). The molecule has 0 bridgehead atoms. The number of hydrogen-bond donors (Lipinski definition) is 1. The van der Waals surface area contributed by atoms with E-state index in [1.165, 1.54) is 43.2 Å². The highest BCUT2D eigenvalue weighted by Gasteiger charge is 2.20. The molecular formula is C16H14ClN5O5. The van der Waals surface area contributed by atoms with Crippen LogP contribution in [0.1, 0.15) is 5.69 Å². The maximum atomic E-state index is 11.1. The Labute approximate surface area is 157 Å². The number of carbonyl (C=O) groups is 1. The van der Waals surface area contributed by atoms with E-state index in [1.807, 2.05) is 0 Å². The summed E-state index contributed by atoms with van der Waals surface area (Å²) in [6, 6.07) is 5.70. The fourth-order valence-electron chi connectivity index (χ4n) is 2.59. The van der Waals surface area contributed by atoms with Gasteiger partial charge in [-0.3, -0.25) is 10.1 Å². The van der Waals surface area contributed by atoms with Crippen molar-refractivity contribution in [1.29, 1.82) is 0 Å². The van der Waals surface area contributed by atoms with Crippen molar-refractivity contribution in [3.63, 3.8) is 0 Å². The summed E-state index contributed by atoms with van der Waals surface area (Å²) >= 11 is 6.01. The van der Waals surface area contributed by atoms with Gasteiger partial charge < -0.3 is 14.7 Å². The Morgan fingerprint density at radius 2 is 2.19 bits per heavy atom. The highest BCUT2D eigenvalue weighted by atomic mass is 35.5. The van der Waals surface area contributed by atoms with Crippen molar-refractivity contribution >= 4 is 34.3 Å². The molecule has 0 aliphatic carbocycles. The Hall–Kier alpha value is -3.40. The molecule has 27 heavy (non-hydrogen) atoms. The summed E-state index contributed by atoms with van der Waals surface area (Å²) in [4.78, 5) is 26.7. The van der Waals surface area contributed by atoms with Crippen LogP contribution in [0.2, 0.25) is 5.15 Å². The van der Waals surface area contributed by atoms with Gasteiger partial charge in [-0.05, 0) is 6.07 Å². The Morgan fingerprint density at radius 3 is 2.81 bits per heavy atom. The summed E-state index contributed by atoms with van der Waals surface area (Å²) in [5, 5.41) is 25.4. The average Bonchev–Trinajstić information content (AvgIpc) is 2.98. The number of methoxy groups -OCH3 is 1. The van der Waals surface area contributed by atoms with Crippen molar-refractivity contribution in [3.8, 4) is 11.4 Å². The van der Waals surface area contributed by atoms with Crippen molar-refractivity contribution < 1.29 is 19.6 Å². The molecule has 140 valence electrons. The molecule has 2 heterocycles. The fourth-order valence-corrected chi connectivity index (χ4v) is 2.75. The number of fused-ring (bicyclic) bond motifs is 1. The van der Waals surface area contributed by atoms with Crippen molar-refractivity contribution in [2.75, 3.05) is 14.2 Å². The molecule has 0 fully saturated rings. The number of hydrogen-bond acceptors (Lipinski definition) is 6. The van der Waals surface area contributed by atoms with Crippen LogP contribution in [-0.2, 0) is 6.54 Å². The molecule has 11 heteroatoms. The van der Waals surface area contributed by atoms with E-state index >= 15 is 0 Å². The third kappa shape index (κ3) is 3.47. The fraction of sp³-hybridized carbons (Fsp3) is 0.188. The Morgan fingerprint density at radius 1 is 1.44 bits per heavy atom. The summed E-state index contributed by atoms with van der Waals surface area (Å²) in [7, 11) is 2.81. The van der Waals surface area contributed by atoms with Crippen molar-refractivity contribution in [2.45, 2.75) is 6.54 Å². The number of carboxylic acid groups (broad SMARTS) is 1. The smallest absolute Gasteiger partial charge is 0.407 e. The number of halogens is 1. The third-order valence-corrected chi connectivity index (χ3v) is 4.13. The monoisotopic (exact) mass is 391 g/mol. The molecule has 0 saturated carbocycles. The van der Waals surface area contributed by atoms with Gasteiger partial charge in [-0.1, -0.05) is 11.6 Å². The Balaban J connectivity index is 2.21. The molecule has 0 atom stereocenters. The predicted molar refractivity (Wildman–Crippen MR) is 96.6 cm³/mol. The number of rotatable bonds is 5. The van der Waals surface area contributed by atoms with Gasteiger partial charge in [0, 0.05) is 30.8 Å². The minimum Gasteiger partial charge on any atom is -0.494 e. The maximum absolute atomic E-state index is 11.1. The lowest BCUT2D eigenvalue weighted by atomic mass is 10.2. The predicted octanol–water partition coefficient (Wildman–Crippen LogP) is 3.10. The number of nitro groups is 1. The molecule has 0 aliphatic heterocycles. The van der Waals surface area contributed by atoms with Gasteiger partial charge in [0.2, 0.25) is 0 Å². The van der Waals surface area contributed by atoms with E-state index in [4.69, 9.17) is 21.4 Å². The number of nitro benzene ring substituents is 1. The maximum Gasteiger partial charge on any atom is 0.407 e. The lowest BCUT2D eigenvalue weighted by molar-refractivity contribution is -0.384. The first-order valence-corrected chi connectivity index (χ1v) is 7.99. The number of aromatic nitrogens is 3. The zero-order chi connectivity index (χ0) is 19.7. The van der Waals surface area contributed by atoms with Crippen molar-refractivity contribution in [3.05, 3.63) is 51.4 Å². The molecule has 1 aromatic carbocycles. The van der Waals surface area contributed by atoms with Crippen LogP contribution in [0.15, 0.2) is 30.5 Å². The SMILES string of the molecule is COc1cc([N+](=O)[O-])ccc1-n1nc(CN(C)C(=O)O)c2cnc(Cl)cc21. The number of amides is 1. The number of pyridine rings is 1. The summed E-state index contributed by atoms with van der Waals surface area (Å²) in [6.07, 6.45) is 0.400. The van der Waals surface area contributed by atoms with Gasteiger partial charge in [0.05, 0.1) is 35.9 Å². The lowest BCUT2D eigenvalue weighted by Crippen LogP contribution is -2.24. The quantitative estimate of drug-likeness (QED) is 0.402. The van der Waals surface area contributed by atoms with Gasteiger partial charge in [0.25, 0.3) is 5.69 Å². The Kier molecular flexibility index (Phi) is 4.82. The second-order valence-corrected chi connectivity index (χ2v) is 6.02. The number of non-ortho nitro benzene ring substituents is 1. The molecule has 0 spiro atoms. The first-order chi connectivity index (χ1) is 12.8. The van der Waals surface area contributed by atoms with E-state index < -0.39 is 11.0 Å². The lowest BCUT2D eigenvalue weighted by Gasteiger charge is -2.11. The molecule has 1 N–H and O–H groups in total. The van der Waals surface area contributed by atoms with Gasteiger partial charge in [0.1, 0.15) is 10.8 Å². The molecule has 0 unspecified atom stereocenters. The topological polar surface area (TPSA) is 124 Å². The first-order valence-electron chi connectivity index (χ1n) is 7.62. The zero-order valence-corrected chi connectivity index (χ0v) is 15.0. The van der Waals surface area contributed by atoms with Crippen LogP contribution < -0.4 is 4.74 Å². The highest BCUT2D eigenvalue weighted by Crippen LogP contribution is 2.31. The minimum atomic E-state index is -1.10. The molecule has 0 saturated heterocycles. The second-order valence-electron chi connectivity index (χ2n) is 5.63. The van der Waals surface area contributed by atoms with E-state index in [2.05, 4.69) is 10.1 Å². The standard InChI is InChI=1S/C16H14ClN5O5/c1-20(16(23)24)8-11-10-7-18-15(17)6-13(10)21(19-11)12-4-3-9(22(25)26)5-14(12)27-2/h3-7H,8H2,1-2H3,(H,23,24). The molecule has 0 aliphatic rings. The van der Waals surface area contributed by atoms with Gasteiger partial charge in [-0.2, -0.15) is 5.10 Å². The normalized spacial score (nSPS) is 10.8. The van der Waals surface area contributed by atoms with E-state index in [1.54, 1.807) is 6.07 Å². The summed E-state index contributed by atoms with van der Waals surface area (Å²) in [6.45, 7) is 0.0252. The largest absolute Gasteiger partial charge is 0.494 e. The van der Waals surface area contributed by atoms with Crippen LogP contribution >= 0.6 is 11.6 Å². The third-order valence-electron chi connectivity index (χ3n) is 3.92. The van der Waals surface area contributed by atoms with Crippen LogP contribution in [0.25, 0.3) is 16.6 Å². The first kappa shape index (κ1) is 18.4. The molecule has 1 amide bonds. The van der Waals surface area contributed by atoms with Crippen LogP contribution in [0.4, 0.5) is 10.5 Å². The van der Waals surface area contributed by atoms with Crippen LogP contribution in [0.5, 0.6) is 5.75 Å². The van der Waals surface area contributed by atoms with Crippen LogP contribution in [-0.4, -0.2) is 49.9 Å². The average molecular weight is 392 g/mol. The highest BCUT2D eigenvalue weighted by molar-refractivity contribution is 6.30. The molecule has 3 aromatic rings. The van der Waals surface area contributed by atoms with E-state index in [0.29, 0.717) is 22.3 Å². The van der Waals surface area contributed by atoms with Crippen LogP contribution in [0.3, 0.4) is 0 Å². The number of nitrogens with zero attached hydrogens (tertiary/aromatic N) is 5. The molecular weight excluding hydrogens is 378 g/mol. The molecule has 10 nitrogen and oxygen atoms in total. The number of ether oxygens (including phenoxy) is 1. The van der Waals surface area contributed by atoms with Gasteiger partial charge >= 0.3 is 6.09 Å². The molecule has 2 aromatic heterocycles. The zero-order valence-electron chi connectivity index (χ0n) is 14.3. The van der Waals surface area contributed by atoms with E-state index in [0.717, 1.165) is 4.90 Å². The summed E-state index contributed by atoms with van der Waals surface area (Å²) < 4.78 is 6.78. The van der Waals surface area contributed by atoms with Gasteiger partial charge in [-0.15, -0.1) is 0 Å². The van der Waals surface area contributed by atoms with E-state index in [9.17, 15) is 14.9 Å². The Bertz CT molecular complexity index is 1050. The van der Waals surface area contributed by atoms with Crippen LogP contribution in [0, 0.1) is 10.1 Å². The van der Waals surface area contributed by atoms with Crippen molar-refractivity contribution in [1.82, 2.24) is 19.7 Å². The second kappa shape index (κ2) is 7.08. The van der Waals surface area contributed by atoms with Gasteiger partial charge in [-0.25, -0.2) is 14.5 Å².